The number of carbonyl (C=O) groups is 2. The van der Waals surface area contributed by atoms with E-state index in [9.17, 15) is 24.6 Å². The molecule has 1 aliphatic rings. The number of nitrogens with one attached hydrogen (secondary N) is 1. The summed E-state index contributed by atoms with van der Waals surface area (Å²) in [6.45, 7) is -0.538. The Morgan fingerprint density at radius 2 is 2.04 bits per heavy atom. The van der Waals surface area contributed by atoms with Crippen molar-refractivity contribution in [2.45, 2.75) is 43.4 Å². The van der Waals surface area contributed by atoms with E-state index in [1.54, 1.807) is 0 Å². The molecule has 0 spiro atoms. The molecule has 7 N–H and O–H groups in total. The van der Waals surface area contributed by atoms with Crippen molar-refractivity contribution in [2.75, 3.05) is 11.9 Å². The quantitative estimate of drug-likeness (QED) is 0.243. The van der Waals surface area contributed by atoms with E-state index in [4.69, 9.17) is 20.7 Å². The molecule has 5 atom stereocenters. The molecule has 0 bridgehead atoms. The standard InChI is InChI=1S/C14H20N4O8.Y/c15-6(13(23)24)1-2-9(20)16-8-3-4-18(14(25)17-8)12-11(22)10(21)7(5-19)26-12;/h3-4,6-7,10-12,19,21-22H,1-2,5,15H2,(H,23,24)(H,16,17,20,25);/t6?,7-,10+,11?,12-;/m1./s1. The van der Waals surface area contributed by atoms with Crippen molar-refractivity contribution in [3.05, 3.63) is 22.7 Å². The SMILES string of the molecule is NC(CCC(=O)Nc1ccn([C@@H]2O[C@H](CO)[C@H](O)C2O)c(=O)n1)C(=O)O.[Y]. The number of carboxylic acids is 1. The van der Waals surface area contributed by atoms with Crippen LogP contribution >= 0.6 is 0 Å². The van der Waals surface area contributed by atoms with Crippen LogP contribution in [0.3, 0.4) is 0 Å². The van der Waals surface area contributed by atoms with Crippen molar-refractivity contribution in [1.82, 2.24) is 9.55 Å². The first-order valence-electron chi connectivity index (χ1n) is 7.74. The Morgan fingerprint density at radius 3 is 2.56 bits per heavy atom. The Hall–Kier alpha value is -1.28. The van der Waals surface area contributed by atoms with Gasteiger partial charge in [-0.1, -0.05) is 0 Å². The number of amides is 1. The minimum absolute atomic E-state index is 0. The van der Waals surface area contributed by atoms with Crippen molar-refractivity contribution >= 4 is 17.7 Å². The van der Waals surface area contributed by atoms with Crippen LogP contribution in [0.2, 0.25) is 0 Å². The third kappa shape index (κ3) is 5.85. The Kier molecular flexibility index (Phi) is 9.08. The number of aliphatic hydroxyl groups is 3. The number of aliphatic hydroxyl groups excluding tert-OH is 3. The van der Waals surface area contributed by atoms with Crippen LogP contribution in [0.25, 0.3) is 0 Å². The predicted molar refractivity (Wildman–Crippen MR) is 85.0 cm³/mol. The Labute approximate surface area is 178 Å². The Balaban J connectivity index is 0.00000364. The van der Waals surface area contributed by atoms with E-state index in [1.807, 2.05) is 0 Å². The molecule has 1 fully saturated rings. The van der Waals surface area contributed by atoms with Crippen LogP contribution in [0.1, 0.15) is 19.1 Å². The summed E-state index contributed by atoms with van der Waals surface area (Å²) in [6.07, 6.45) is -4.14. The van der Waals surface area contributed by atoms with Gasteiger partial charge in [0.2, 0.25) is 5.91 Å². The number of hydrogen-bond donors (Lipinski definition) is 6. The van der Waals surface area contributed by atoms with Gasteiger partial charge in [-0.25, -0.2) is 4.79 Å². The zero-order valence-corrected chi connectivity index (χ0v) is 17.0. The van der Waals surface area contributed by atoms with Crippen LogP contribution in [0.5, 0.6) is 0 Å². The number of hydrogen-bond acceptors (Lipinski definition) is 9. The zero-order chi connectivity index (χ0) is 19.4. The van der Waals surface area contributed by atoms with Gasteiger partial charge in [0.05, 0.1) is 6.61 Å². The predicted octanol–water partition coefficient (Wildman–Crippen LogP) is -3.02. The number of aliphatic carboxylic acids is 1. The average molecular weight is 461 g/mol. The molecule has 27 heavy (non-hydrogen) atoms. The van der Waals surface area contributed by atoms with Crippen LogP contribution in [-0.4, -0.2) is 72.8 Å². The van der Waals surface area contributed by atoms with Gasteiger partial charge in [0.1, 0.15) is 30.2 Å². The molecule has 1 aromatic rings. The average Bonchev–Trinajstić information content (AvgIpc) is 2.87. The number of carboxylic acid groups (broad SMARTS) is 1. The molecule has 12 nitrogen and oxygen atoms in total. The van der Waals surface area contributed by atoms with Crippen LogP contribution in [0, 0.1) is 0 Å². The van der Waals surface area contributed by atoms with Gasteiger partial charge in [-0.05, 0) is 12.5 Å². The van der Waals surface area contributed by atoms with Crippen molar-refractivity contribution in [1.29, 1.82) is 0 Å². The number of ether oxygens (including phenoxy) is 1. The molecule has 2 heterocycles. The minimum atomic E-state index is -1.44. The monoisotopic (exact) mass is 461 g/mol. The number of nitrogens with two attached hydrogens (primary N) is 1. The van der Waals surface area contributed by atoms with E-state index in [-0.39, 0.29) is 51.4 Å². The first kappa shape index (κ1) is 23.8. The molecule has 1 aliphatic heterocycles. The molecular formula is C14H20N4O8Y. The molecular weight excluding hydrogens is 441 g/mol. The van der Waals surface area contributed by atoms with Gasteiger partial charge in [0, 0.05) is 45.3 Å². The third-order valence-corrected chi connectivity index (χ3v) is 3.89. The van der Waals surface area contributed by atoms with Gasteiger partial charge in [-0.3, -0.25) is 14.2 Å². The summed E-state index contributed by atoms with van der Waals surface area (Å²) in [5, 5.41) is 39.7. The summed E-state index contributed by atoms with van der Waals surface area (Å²) >= 11 is 0. The molecule has 2 unspecified atom stereocenters. The fourth-order valence-electron chi connectivity index (χ4n) is 2.40. The maximum Gasteiger partial charge on any atom is 0.351 e. The smallest absolute Gasteiger partial charge is 0.351 e. The number of aromatic nitrogens is 2. The summed E-state index contributed by atoms with van der Waals surface area (Å²) in [5.74, 6) is -1.87. The molecule has 1 aromatic heterocycles. The molecule has 1 amide bonds. The Morgan fingerprint density at radius 1 is 1.37 bits per heavy atom. The minimum Gasteiger partial charge on any atom is -0.480 e. The molecule has 0 aromatic carbocycles. The van der Waals surface area contributed by atoms with Gasteiger partial charge >= 0.3 is 11.7 Å². The fourth-order valence-corrected chi connectivity index (χ4v) is 2.40. The summed E-state index contributed by atoms with van der Waals surface area (Å²) in [7, 11) is 0. The van der Waals surface area contributed by atoms with Crippen molar-refractivity contribution in [3.8, 4) is 0 Å². The van der Waals surface area contributed by atoms with Crippen LogP contribution in [0.4, 0.5) is 5.82 Å². The summed E-state index contributed by atoms with van der Waals surface area (Å²) in [5.41, 5.74) is 4.43. The maximum absolute atomic E-state index is 12.1. The topological polar surface area (TPSA) is 197 Å². The Bertz CT molecular complexity index is 729. The second-order valence-electron chi connectivity index (χ2n) is 5.76. The van der Waals surface area contributed by atoms with Gasteiger partial charge in [0.15, 0.2) is 6.23 Å². The largest absolute Gasteiger partial charge is 0.480 e. The molecule has 13 heteroatoms. The molecule has 147 valence electrons. The second-order valence-corrected chi connectivity index (χ2v) is 5.76. The second kappa shape index (κ2) is 10.3. The van der Waals surface area contributed by atoms with Crippen LogP contribution in [-0.2, 0) is 47.0 Å². The summed E-state index contributed by atoms with van der Waals surface area (Å²) in [6, 6.07) is 0.0964. The van der Waals surface area contributed by atoms with Gasteiger partial charge in [-0.2, -0.15) is 4.98 Å². The fraction of sp³-hybridized carbons (Fsp3) is 0.571. The van der Waals surface area contributed by atoms with E-state index in [0.717, 1.165) is 4.57 Å². The molecule has 0 aliphatic carbocycles. The molecule has 0 saturated carbocycles. The number of rotatable bonds is 7. The van der Waals surface area contributed by atoms with Crippen LogP contribution in [0.15, 0.2) is 17.1 Å². The van der Waals surface area contributed by atoms with Crippen molar-refractivity contribution < 1.29 is 67.5 Å². The summed E-state index contributed by atoms with van der Waals surface area (Å²) in [4.78, 5) is 38.0. The van der Waals surface area contributed by atoms with Crippen LogP contribution < -0.4 is 16.7 Å². The number of nitrogens with zero attached hydrogens (tertiary/aromatic N) is 2. The van der Waals surface area contributed by atoms with Gasteiger partial charge in [-0.15, -0.1) is 0 Å². The number of anilines is 1. The molecule has 1 saturated heterocycles. The van der Waals surface area contributed by atoms with E-state index in [0.29, 0.717) is 0 Å². The molecule has 1 radical (unpaired) electrons. The van der Waals surface area contributed by atoms with E-state index in [2.05, 4.69) is 10.3 Å². The van der Waals surface area contributed by atoms with Gasteiger partial charge < -0.3 is 36.2 Å². The third-order valence-electron chi connectivity index (χ3n) is 3.89. The van der Waals surface area contributed by atoms with Crippen molar-refractivity contribution in [3.63, 3.8) is 0 Å². The first-order valence-corrected chi connectivity index (χ1v) is 7.74. The number of carbonyl (C=O) groups excluding carboxylic acids is 1. The van der Waals surface area contributed by atoms with E-state index in [1.165, 1.54) is 12.3 Å². The zero-order valence-electron chi connectivity index (χ0n) is 14.1. The first-order chi connectivity index (χ1) is 12.2. The normalized spacial score (nSPS) is 25.5. The van der Waals surface area contributed by atoms with Crippen molar-refractivity contribution in [2.24, 2.45) is 5.73 Å². The molecule has 2 rings (SSSR count). The van der Waals surface area contributed by atoms with E-state index < -0.39 is 54.8 Å². The summed E-state index contributed by atoms with van der Waals surface area (Å²) < 4.78 is 6.14. The maximum atomic E-state index is 12.1. The van der Waals surface area contributed by atoms with Gasteiger partial charge in [0.25, 0.3) is 0 Å². The van der Waals surface area contributed by atoms with E-state index >= 15 is 0 Å².